The lowest BCUT2D eigenvalue weighted by atomic mass is 10.2. The van der Waals surface area contributed by atoms with Gasteiger partial charge in [0.2, 0.25) is 5.91 Å². The number of hydrogen-bond donors (Lipinski definition) is 2. The number of nitrogens with one attached hydrogen (secondary N) is 2. The fraction of sp³-hybridized carbons (Fsp3) is 0.625. The van der Waals surface area contributed by atoms with Gasteiger partial charge in [0, 0.05) is 37.9 Å². The summed E-state index contributed by atoms with van der Waals surface area (Å²) in [5, 5.41) is 10.1. The van der Waals surface area contributed by atoms with Crippen molar-refractivity contribution in [2.45, 2.75) is 39.8 Å². The van der Waals surface area contributed by atoms with Crippen molar-refractivity contribution in [3.05, 3.63) is 29.1 Å². The van der Waals surface area contributed by atoms with E-state index in [0.29, 0.717) is 6.54 Å². The molecule has 2 N–H and O–H groups in total. The lowest BCUT2D eigenvalue weighted by molar-refractivity contribution is -0.116. The van der Waals surface area contributed by atoms with Crippen LogP contribution in [0.5, 0.6) is 0 Å². The zero-order valence-electron chi connectivity index (χ0n) is 13.7. The SMILES string of the molecule is CC(C)=CC(=O)NCC[C@H]1CN(Cc2cc(C)[nH]n2)CCO1. The average Bonchev–Trinajstić information content (AvgIpc) is 2.83. The van der Waals surface area contributed by atoms with Gasteiger partial charge in [0.05, 0.1) is 18.4 Å². The number of rotatable bonds is 6. The molecule has 1 saturated heterocycles. The van der Waals surface area contributed by atoms with Crippen LogP contribution in [0.4, 0.5) is 0 Å². The van der Waals surface area contributed by atoms with Gasteiger partial charge in [-0.15, -0.1) is 0 Å². The van der Waals surface area contributed by atoms with Crippen LogP contribution in [0.2, 0.25) is 0 Å². The highest BCUT2D eigenvalue weighted by Crippen LogP contribution is 2.11. The molecule has 1 fully saturated rings. The molecule has 0 unspecified atom stereocenters. The Balaban J connectivity index is 1.71. The molecular weight excluding hydrogens is 280 g/mol. The maximum absolute atomic E-state index is 11.6. The minimum Gasteiger partial charge on any atom is -0.375 e. The number of aromatic nitrogens is 2. The summed E-state index contributed by atoms with van der Waals surface area (Å²) in [7, 11) is 0. The van der Waals surface area contributed by atoms with Crippen LogP contribution in [0.15, 0.2) is 17.7 Å². The van der Waals surface area contributed by atoms with Crippen molar-refractivity contribution in [3.63, 3.8) is 0 Å². The average molecular weight is 306 g/mol. The number of amides is 1. The number of morpholine rings is 1. The van der Waals surface area contributed by atoms with Gasteiger partial charge >= 0.3 is 0 Å². The number of aryl methyl sites for hydroxylation is 1. The Morgan fingerprint density at radius 2 is 2.41 bits per heavy atom. The maximum atomic E-state index is 11.6. The summed E-state index contributed by atoms with van der Waals surface area (Å²) in [5.41, 5.74) is 3.16. The Hall–Kier alpha value is -1.66. The van der Waals surface area contributed by atoms with E-state index in [1.54, 1.807) is 6.08 Å². The van der Waals surface area contributed by atoms with E-state index in [1.165, 1.54) is 0 Å². The van der Waals surface area contributed by atoms with Crippen LogP contribution < -0.4 is 5.32 Å². The van der Waals surface area contributed by atoms with Crippen molar-refractivity contribution in [3.8, 4) is 0 Å². The number of carbonyl (C=O) groups is 1. The summed E-state index contributed by atoms with van der Waals surface area (Å²) in [6, 6.07) is 2.07. The molecule has 1 aromatic rings. The predicted molar refractivity (Wildman–Crippen MR) is 85.4 cm³/mol. The summed E-state index contributed by atoms with van der Waals surface area (Å²) < 4.78 is 5.78. The largest absolute Gasteiger partial charge is 0.375 e. The van der Waals surface area contributed by atoms with E-state index in [2.05, 4.69) is 26.5 Å². The molecule has 1 atom stereocenters. The Bertz CT molecular complexity index is 520. The smallest absolute Gasteiger partial charge is 0.243 e. The number of carbonyl (C=O) groups excluding carboxylic acids is 1. The molecule has 2 heterocycles. The summed E-state index contributed by atoms with van der Waals surface area (Å²) in [4.78, 5) is 13.9. The first-order valence-electron chi connectivity index (χ1n) is 7.80. The summed E-state index contributed by atoms with van der Waals surface area (Å²) in [6.45, 7) is 9.86. The van der Waals surface area contributed by atoms with Gasteiger partial charge in [0.1, 0.15) is 0 Å². The second-order valence-corrected chi connectivity index (χ2v) is 6.07. The third-order valence-electron chi connectivity index (χ3n) is 3.55. The van der Waals surface area contributed by atoms with Crippen LogP contribution in [0.25, 0.3) is 0 Å². The zero-order valence-corrected chi connectivity index (χ0v) is 13.7. The van der Waals surface area contributed by atoms with E-state index in [-0.39, 0.29) is 12.0 Å². The molecule has 0 aliphatic carbocycles. The molecule has 0 bridgehead atoms. The molecule has 1 aliphatic heterocycles. The number of H-pyrrole nitrogens is 1. The Morgan fingerprint density at radius 3 is 3.09 bits per heavy atom. The van der Waals surface area contributed by atoms with Crippen molar-refractivity contribution >= 4 is 5.91 Å². The molecule has 22 heavy (non-hydrogen) atoms. The highest BCUT2D eigenvalue weighted by Gasteiger charge is 2.20. The monoisotopic (exact) mass is 306 g/mol. The minimum atomic E-state index is -0.0281. The van der Waals surface area contributed by atoms with Crippen molar-refractivity contribution in [1.29, 1.82) is 0 Å². The van der Waals surface area contributed by atoms with E-state index >= 15 is 0 Å². The Morgan fingerprint density at radius 1 is 1.59 bits per heavy atom. The zero-order chi connectivity index (χ0) is 15.9. The minimum absolute atomic E-state index is 0.0281. The molecule has 0 spiro atoms. The van der Waals surface area contributed by atoms with E-state index in [9.17, 15) is 4.79 Å². The van der Waals surface area contributed by atoms with Crippen molar-refractivity contribution in [2.75, 3.05) is 26.2 Å². The first-order valence-corrected chi connectivity index (χ1v) is 7.80. The lowest BCUT2D eigenvalue weighted by Gasteiger charge is -2.32. The van der Waals surface area contributed by atoms with Crippen LogP contribution in [-0.4, -0.2) is 53.3 Å². The van der Waals surface area contributed by atoms with Crippen molar-refractivity contribution in [2.24, 2.45) is 0 Å². The van der Waals surface area contributed by atoms with Crippen LogP contribution in [0.3, 0.4) is 0 Å². The van der Waals surface area contributed by atoms with Crippen molar-refractivity contribution in [1.82, 2.24) is 20.4 Å². The highest BCUT2D eigenvalue weighted by molar-refractivity contribution is 5.87. The molecule has 1 aromatic heterocycles. The van der Waals surface area contributed by atoms with Gasteiger partial charge in [0.25, 0.3) is 0 Å². The molecule has 6 heteroatoms. The molecule has 0 aromatic carbocycles. The van der Waals surface area contributed by atoms with Gasteiger partial charge in [-0.05, 0) is 33.3 Å². The molecule has 2 rings (SSSR count). The highest BCUT2D eigenvalue weighted by atomic mass is 16.5. The maximum Gasteiger partial charge on any atom is 0.243 e. The molecule has 122 valence electrons. The van der Waals surface area contributed by atoms with E-state index in [1.807, 2.05) is 20.8 Å². The van der Waals surface area contributed by atoms with Crippen LogP contribution >= 0.6 is 0 Å². The molecule has 1 amide bonds. The van der Waals surface area contributed by atoms with Gasteiger partial charge < -0.3 is 10.1 Å². The summed E-state index contributed by atoms with van der Waals surface area (Å²) >= 11 is 0. The number of nitrogens with zero attached hydrogens (tertiary/aromatic N) is 2. The van der Waals surface area contributed by atoms with Gasteiger partial charge in [-0.1, -0.05) is 5.57 Å². The fourth-order valence-electron chi connectivity index (χ4n) is 2.55. The van der Waals surface area contributed by atoms with Crippen LogP contribution in [0.1, 0.15) is 31.7 Å². The van der Waals surface area contributed by atoms with E-state index in [4.69, 9.17) is 4.74 Å². The number of ether oxygens (including phenoxy) is 1. The van der Waals surface area contributed by atoms with Gasteiger partial charge in [-0.3, -0.25) is 14.8 Å². The molecule has 1 aliphatic rings. The second-order valence-electron chi connectivity index (χ2n) is 6.07. The number of aromatic amines is 1. The van der Waals surface area contributed by atoms with Crippen molar-refractivity contribution < 1.29 is 9.53 Å². The number of allylic oxidation sites excluding steroid dienone is 1. The van der Waals surface area contributed by atoms with E-state index in [0.717, 1.165) is 49.6 Å². The first-order chi connectivity index (χ1) is 10.5. The molecule has 0 saturated carbocycles. The summed E-state index contributed by atoms with van der Waals surface area (Å²) in [5.74, 6) is -0.0281. The van der Waals surface area contributed by atoms with Crippen LogP contribution in [-0.2, 0) is 16.1 Å². The molecule has 6 nitrogen and oxygen atoms in total. The topological polar surface area (TPSA) is 70.2 Å². The molecule has 0 radical (unpaired) electrons. The normalized spacial score (nSPS) is 19.0. The van der Waals surface area contributed by atoms with E-state index < -0.39 is 0 Å². The third kappa shape index (κ3) is 5.61. The first kappa shape index (κ1) is 16.7. The van der Waals surface area contributed by atoms with Gasteiger partial charge in [-0.2, -0.15) is 5.10 Å². The molecular formula is C16H26N4O2. The quantitative estimate of drug-likeness (QED) is 0.779. The van der Waals surface area contributed by atoms with Gasteiger partial charge in [0.15, 0.2) is 0 Å². The fourth-order valence-corrected chi connectivity index (χ4v) is 2.55. The predicted octanol–water partition coefficient (Wildman–Crippen LogP) is 1.39. The van der Waals surface area contributed by atoms with Crippen LogP contribution in [0, 0.1) is 6.92 Å². The Kier molecular flexibility index (Phi) is 6.15. The van der Waals surface area contributed by atoms with Gasteiger partial charge in [-0.25, -0.2) is 0 Å². The number of hydrogen-bond acceptors (Lipinski definition) is 4. The standard InChI is InChI=1S/C16H26N4O2/c1-12(2)8-16(21)17-5-4-15-11-20(6-7-22-15)10-14-9-13(3)18-19-14/h8-9,15H,4-7,10-11H2,1-3H3,(H,17,21)(H,18,19)/t15-/m0/s1. The Labute approximate surface area is 131 Å². The second kappa shape index (κ2) is 8.10. The summed E-state index contributed by atoms with van der Waals surface area (Å²) in [6.07, 6.45) is 2.62. The lowest BCUT2D eigenvalue weighted by Crippen LogP contribution is -2.43. The third-order valence-corrected chi connectivity index (χ3v) is 3.55.